The van der Waals surface area contributed by atoms with Crippen molar-refractivity contribution in [3.63, 3.8) is 0 Å². The molecular weight excluding hydrogens is 258 g/mol. The molecule has 1 aliphatic heterocycles. The minimum atomic E-state index is 0.434. The number of nitrogens with zero attached hydrogens (tertiary/aromatic N) is 2. The highest BCUT2D eigenvalue weighted by atomic mass is 32.2. The van der Waals surface area contributed by atoms with Gasteiger partial charge in [0.15, 0.2) is 5.82 Å². The summed E-state index contributed by atoms with van der Waals surface area (Å²) < 4.78 is 5.39. The Morgan fingerprint density at radius 1 is 1.21 bits per heavy atom. The predicted molar refractivity (Wildman–Crippen MR) is 75.1 cm³/mol. The molecule has 1 aromatic carbocycles. The van der Waals surface area contributed by atoms with E-state index in [9.17, 15) is 0 Å². The van der Waals surface area contributed by atoms with Crippen molar-refractivity contribution in [2.24, 2.45) is 0 Å². The van der Waals surface area contributed by atoms with Crippen LogP contribution in [0.15, 0.2) is 39.8 Å². The van der Waals surface area contributed by atoms with Crippen LogP contribution < -0.4 is 5.32 Å². The molecule has 0 spiro atoms. The quantitative estimate of drug-likeness (QED) is 0.870. The van der Waals surface area contributed by atoms with Crippen LogP contribution in [-0.2, 0) is 5.75 Å². The maximum Gasteiger partial charge on any atom is 0.229 e. The molecule has 0 saturated carbocycles. The van der Waals surface area contributed by atoms with Crippen LogP contribution in [0.25, 0.3) is 0 Å². The Bertz CT molecular complexity index is 508. The lowest BCUT2D eigenvalue weighted by molar-refractivity contribution is 0.319. The highest BCUT2D eigenvalue weighted by molar-refractivity contribution is 7.98. The topological polar surface area (TPSA) is 51.0 Å². The number of nitrogens with one attached hydrogen (secondary N) is 1. The van der Waals surface area contributed by atoms with E-state index in [0.29, 0.717) is 5.92 Å². The fourth-order valence-electron chi connectivity index (χ4n) is 2.23. The molecule has 2 heterocycles. The van der Waals surface area contributed by atoms with Crippen LogP contribution in [0.4, 0.5) is 0 Å². The molecule has 1 aromatic heterocycles. The molecule has 0 aliphatic carbocycles. The second kappa shape index (κ2) is 6.21. The van der Waals surface area contributed by atoms with E-state index < -0.39 is 0 Å². The van der Waals surface area contributed by atoms with E-state index >= 15 is 0 Å². The van der Waals surface area contributed by atoms with Gasteiger partial charge in [-0.3, -0.25) is 0 Å². The molecule has 1 N–H and O–H groups in total. The van der Waals surface area contributed by atoms with Crippen molar-refractivity contribution in [1.29, 1.82) is 0 Å². The number of aromatic nitrogens is 2. The van der Waals surface area contributed by atoms with Gasteiger partial charge >= 0.3 is 0 Å². The van der Waals surface area contributed by atoms with Gasteiger partial charge in [0.05, 0.1) is 5.75 Å². The average Bonchev–Trinajstić information content (AvgIpc) is 2.96. The Kier molecular flexibility index (Phi) is 4.15. The molecule has 0 bridgehead atoms. The highest BCUT2D eigenvalue weighted by Crippen LogP contribution is 2.25. The van der Waals surface area contributed by atoms with E-state index in [1.54, 1.807) is 11.8 Å². The molecular formula is C14H17N3OS. The third-order valence-corrected chi connectivity index (χ3v) is 4.29. The first-order valence-electron chi connectivity index (χ1n) is 6.63. The van der Waals surface area contributed by atoms with Crippen molar-refractivity contribution < 1.29 is 4.52 Å². The van der Waals surface area contributed by atoms with Gasteiger partial charge in [0.1, 0.15) is 0 Å². The van der Waals surface area contributed by atoms with Gasteiger partial charge in [0.2, 0.25) is 5.89 Å². The summed E-state index contributed by atoms with van der Waals surface area (Å²) in [6, 6.07) is 10.3. The van der Waals surface area contributed by atoms with E-state index in [0.717, 1.165) is 43.4 Å². The van der Waals surface area contributed by atoms with Crippen LogP contribution in [0.1, 0.15) is 30.5 Å². The fourth-order valence-corrected chi connectivity index (χ4v) is 2.99. The zero-order chi connectivity index (χ0) is 12.9. The predicted octanol–water partition coefficient (Wildman–Crippen LogP) is 2.83. The van der Waals surface area contributed by atoms with Gasteiger partial charge in [-0.2, -0.15) is 4.98 Å². The van der Waals surface area contributed by atoms with Crippen molar-refractivity contribution in [2.45, 2.75) is 29.4 Å². The summed E-state index contributed by atoms with van der Waals surface area (Å²) in [4.78, 5) is 5.75. The summed E-state index contributed by atoms with van der Waals surface area (Å²) in [5.74, 6) is 2.80. The maximum atomic E-state index is 5.39. The standard InChI is InChI=1S/C14H17N3OS/c1-2-4-12(5-3-1)19-10-13-16-14(18-17-13)11-6-8-15-9-7-11/h1-5,11,15H,6-10H2. The molecule has 0 amide bonds. The molecule has 2 aromatic rings. The van der Waals surface area contributed by atoms with Gasteiger partial charge in [-0.1, -0.05) is 23.4 Å². The van der Waals surface area contributed by atoms with Crippen LogP contribution in [-0.4, -0.2) is 23.2 Å². The lowest BCUT2D eigenvalue weighted by atomic mass is 9.98. The summed E-state index contributed by atoms with van der Waals surface area (Å²) in [6.45, 7) is 2.09. The van der Waals surface area contributed by atoms with E-state index in [2.05, 4.69) is 27.6 Å². The first-order valence-corrected chi connectivity index (χ1v) is 7.61. The Morgan fingerprint density at radius 2 is 2.00 bits per heavy atom. The highest BCUT2D eigenvalue weighted by Gasteiger charge is 2.21. The largest absolute Gasteiger partial charge is 0.339 e. The average molecular weight is 275 g/mol. The molecule has 1 saturated heterocycles. The normalized spacial score (nSPS) is 16.6. The number of rotatable bonds is 4. The van der Waals surface area contributed by atoms with E-state index in [4.69, 9.17) is 4.52 Å². The Hall–Kier alpha value is -1.33. The van der Waals surface area contributed by atoms with Gasteiger partial charge in [-0.15, -0.1) is 11.8 Å². The Balaban J connectivity index is 1.58. The first-order chi connectivity index (χ1) is 9.42. The third-order valence-electron chi connectivity index (χ3n) is 3.28. The number of piperidine rings is 1. The fraction of sp³-hybridized carbons (Fsp3) is 0.429. The monoisotopic (exact) mass is 275 g/mol. The molecule has 5 heteroatoms. The Labute approximate surface area is 117 Å². The SMILES string of the molecule is c1ccc(SCc2noc(C3CCNCC3)n2)cc1. The summed E-state index contributed by atoms with van der Waals surface area (Å²) in [5.41, 5.74) is 0. The molecule has 0 radical (unpaired) electrons. The maximum absolute atomic E-state index is 5.39. The van der Waals surface area contributed by atoms with Crippen molar-refractivity contribution in [3.05, 3.63) is 42.0 Å². The smallest absolute Gasteiger partial charge is 0.229 e. The molecule has 4 nitrogen and oxygen atoms in total. The van der Waals surface area contributed by atoms with Crippen molar-refractivity contribution in [2.75, 3.05) is 13.1 Å². The number of hydrogen-bond acceptors (Lipinski definition) is 5. The zero-order valence-electron chi connectivity index (χ0n) is 10.7. The van der Waals surface area contributed by atoms with Gasteiger partial charge in [-0.05, 0) is 38.1 Å². The van der Waals surface area contributed by atoms with Crippen molar-refractivity contribution in [1.82, 2.24) is 15.5 Å². The molecule has 19 heavy (non-hydrogen) atoms. The molecule has 3 rings (SSSR count). The first kappa shape index (κ1) is 12.7. The van der Waals surface area contributed by atoms with Gasteiger partial charge in [-0.25, -0.2) is 0 Å². The van der Waals surface area contributed by atoms with Crippen LogP contribution in [0, 0.1) is 0 Å². The summed E-state index contributed by atoms with van der Waals surface area (Å²) in [6.07, 6.45) is 2.18. The minimum Gasteiger partial charge on any atom is -0.339 e. The van der Waals surface area contributed by atoms with E-state index in [1.807, 2.05) is 18.2 Å². The third kappa shape index (κ3) is 3.36. The second-order valence-corrected chi connectivity index (χ2v) is 5.72. The number of thioether (sulfide) groups is 1. The molecule has 1 aliphatic rings. The van der Waals surface area contributed by atoms with Gasteiger partial charge < -0.3 is 9.84 Å². The lowest BCUT2D eigenvalue weighted by Crippen LogP contribution is -2.26. The molecule has 100 valence electrons. The van der Waals surface area contributed by atoms with Crippen LogP contribution in [0.2, 0.25) is 0 Å². The van der Waals surface area contributed by atoms with Crippen LogP contribution in [0.5, 0.6) is 0 Å². The minimum absolute atomic E-state index is 0.434. The number of hydrogen-bond donors (Lipinski definition) is 1. The summed E-state index contributed by atoms with van der Waals surface area (Å²) in [5, 5.41) is 7.42. The van der Waals surface area contributed by atoms with Crippen LogP contribution >= 0.6 is 11.8 Å². The van der Waals surface area contributed by atoms with Crippen molar-refractivity contribution in [3.8, 4) is 0 Å². The zero-order valence-corrected chi connectivity index (χ0v) is 11.5. The van der Waals surface area contributed by atoms with Crippen LogP contribution in [0.3, 0.4) is 0 Å². The molecule has 0 unspecified atom stereocenters. The lowest BCUT2D eigenvalue weighted by Gasteiger charge is -2.18. The van der Waals surface area contributed by atoms with Gasteiger partial charge in [0.25, 0.3) is 0 Å². The number of benzene rings is 1. The summed E-state index contributed by atoms with van der Waals surface area (Å²) in [7, 11) is 0. The second-order valence-electron chi connectivity index (χ2n) is 4.67. The summed E-state index contributed by atoms with van der Waals surface area (Å²) >= 11 is 1.74. The van der Waals surface area contributed by atoms with Crippen molar-refractivity contribution >= 4 is 11.8 Å². The molecule has 1 fully saturated rings. The molecule has 0 atom stereocenters. The Morgan fingerprint density at radius 3 is 2.79 bits per heavy atom. The van der Waals surface area contributed by atoms with E-state index in [-0.39, 0.29) is 0 Å². The van der Waals surface area contributed by atoms with E-state index in [1.165, 1.54) is 4.90 Å². The van der Waals surface area contributed by atoms with Gasteiger partial charge in [0, 0.05) is 10.8 Å².